The molecule has 0 bridgehead atoms. The summed E-state index contributed by atoms with van der Waals surface area (Å²) < 4.78 is 0.476. The molecular weight excluding hydrogens is 562 g/mol. The first kappa shape index (κ1) is 24.1. The van der Waals surface area contributed by atoms with Crippen molar-refractivity contribution in [2.75, 3.05) is 31.5 Å². The van der Waals surface area contributed by atoms with Gasteiger partial charge in [-0.25, -0.2) is 0 Å². The molecule has 1 N–H and O–H groups in total. The van der Waals surface area contributed by atoms with Gasteiger partial charge in [0.1, 0.15) is 5.69 Å². The van der Waals surface area contributed by atoms with E-state index in [4.69, 9.17) is 11.6 Å². The van der Waals surface area contributed by atoms with Gasteiger partial charge in [-0.3, -0.25) is 24.7 Å². The Morgan fingerprint density at radius 2 is 1.81 bits per heavy atom. The van der Waals surface area contributed by atoms with Crippen molar-refractivity contribution in [2.45, 2.75) is 18.9 Å². The lowest BCUT2D eigenvalue weighted by Crippen LogP contribution is -2.33. The molecular formula is C26H23BrClN5O4. The van der Waals surface area contributed by atoms with Crippen molar-refractivity contribution in [1.82, 2.24) is 14.8 Å². The van der Waals surface area contributed by atoms with Gasteiger partial charge in [-0.15, -0.1) is 0 Å². The number of hydrogen-bond acceptors (Lipinski definition) is 6. The summed E-state index contributed by atoms with van der Waals surface area (Å²) in [5.41, 5.74) is 0.803. The number of pyridine rings is 1. The number of piperidine rings is 1. The van der Waals surface area contributed by atoms with E-state index in [1.54, 1.807) is 40.4 Å². The maximum Gasteiger partial charge on any atom is 0.294 e. The standard InChI is InChI=1S/C26H23BrClN5O4/c27-17-7-21(25(34)32-11-15-5-16(15)12-32)24(23(8-17)33(36)37)30-19-3-4-31(13-19)26(35)22-10-29-9-14-6-18(28)1-2-20(14)22/h1-2,6-10,15-16,19,30H,3-5,11-13H2/t15?,16?,19-/m1/s1. The number of halogens is 2. The molecule has 2 unspecified atom stereocenters. The van der Waals surface area contributed by atoms with Gasteiger partial charge in [0, 0.05) is 65.6 Å². The lowest BCUT2D eigenvalue weighted by atomic mass is 10.1. The zero-order chi connectivity index (χ0) is 25.8. The van der Waals surface area contributed by atoms with Crippen LogP contribution >= 0.6 is 27.5 Å². The second kappa shape index (κ2) is 9.25. The Hall–Kier alpha value is -3.24. The zero-order valence-corrected chi connectivity index (χ0v) is 22.0. The number of hydrogen-bond donors (Lipinski definition) is 1. The largest absolute Gasteiger partial charge is 0.374 e. The third-order valence-electron chi connectivity index (χ3n) is 7.55. The van der Waals surface area contributed by atoms with Gasteiger partial charge in [0.05, 0.1) is 16.1 Å². The third-order valence-corrected chi connectivity index (χ3v) is 8.24. The van der Waals surface area contributed by atoms with Gasteiger partial charge in [-0.1, -0.05) is 33.6 Å². The van der Waals surface area contributed by atoms with Gasteiger partial charge >= 0.3 is 0 Å². The summed E-state index contributed by atoms with van der Waals surface area (Å²) in [4.78, 5) is 46.0. The van der Waals surface area contributed by atoms with E-state index >= 15 is 0 Å². The Balaban J connectivity index is 1.25. The van der Waals surface area contributed by atoms with Gasteiger partial charge in [0.25, 0.3) is 17.5 Å². The number of nitrogens with zero attached hydrogens (tertiary/aromatic N) is 4. The number of benzene rings is 2. The van der Waals surface area contributed by atoms with Crippen LogP contribution in [0.3, 0.4) is 0 Å². The average Bonchev–Trinajstić information content (AvgIpc) is 3.25. The Morgan fingerprint density at radius 3 is 2.57 bits per heavy atom. The number of carbonyl (C=O) groups excluding carboxylic acids is 2. The molecule has 3 atom stereocenters. The predicted molar refractivity (Wildman–Crippen MR) is 143 cm³/mol. The van der Waals surface area contributed by atoms with Crippen LogP contribution in [0.15, 0.2) is 47.2 Å². The van der Waals surface area contributed by atoms with Gasteiger partial charge in [-0.05, 0) is 48.3 Å². The number of nitro groups is 1. The number of aromatic nitrogens is 1. The number of nitro benzene ring substituents is 1. The Morgan fingerprint density at radius 1 is 1.05 bits per heavy atom. The molecule has 1 saturated carbocycles. The predicted octanol–water partition coefficient (Wildman–Crippen LogP) is 4.98. The molecule has 190 valence electrons. The molecule has 3 aliphatic rings. The van der Waals surface area contributed by atoms with Crippen LogP contribution in [0.4, 0.5) is 11.4 Å². The van der Waals surface area contributed by atoms with Crippen LogP contribution in [0, 0.1) is 22.0 Å². The van der Waals surface area contributed by atoms with E-state index in [0.717, 1.165) is 17.2 Å². The Bertz CT molecular complexity index is 1460. The number of likely N-dealkylation sites (tertiary alicyclic amines) is 2. The maximum atomic E-state index is 13.4. The van der Waals surface area contributed by atoms with Crippen LogP contribution in [0.5, 0.6) is 0 Å². The van der Waals surface area contributed by atoms with Crippen LogP contribution in [0.2, 0.25) is 5.02 Å². The first-order chi connectivity index (χ1) is 17.8. The molecule has 3 aromatic rings. The molecule has 6 rings (SSSR count). The summed E-state index contributed by atoms with van der Waals surface area (Å²) in [5.74, 6) is 0.737. The molecule has 2 aliphatic heterocycles. The first-order valence-corrected chi connectivity index (χ1v) is 13.3. The maximum absolute atomic E-state index is 13.4. The van der Waals surface area contributed by atoms with E-state index in [-0.39, 0.29) is 34.8 Å². The van der Waals surface area contributed by atoms with E-state index in [1.165, 1.54) is 6.07 Å². The molecule has 2 amide bonds. The summed E-state index contributed by atoms with van der Waals surface area (Å²) in [6, 6.07) is 8.12. The highest BCUT2D eigenvalue weighted by Crippen LogP contribution is 2.46. The molecule has 0 radical (unpaired) electrons. The van der Waals surface area contributed by atoms with Crippen LogP contribution in [-0.2, 0) is 0 Å². The summed E-state index contributed by atoms with van der Waals surface area (Å²) in [5, 5.41) is 17.3. The Labute approximate surface area is 226 Å². The van der Waals surface area contributed by atoms with Crippen LogP contribution in [0.1, 0.15) is 33.6 Å². The normalized spacial score (nSPS) is 22.3. The second-order valence-corrected chi connectivity index (χ2v) is 11.4. The molecule has 1 aliphatic carbocycles. The van der Waals surface area contributed by atoms with Crippen molar-refractivity contribution >= 4 is 61.5 Å². The summed E-state index contributed by atoms with van der Waals surface area (Å²) in [7, 11) is 0. The lowest BCUT2D eigenvalue weighted by Gasteiger charge is -2.22. The van der Waals surface area contributed by atoms with E-state index in [0.29, 0.717) is 59.5 Å². The van der Waals surface area contributed by atoms with Crippen molar-refractivity contribution in [2.24, 2.45) is 11.8 Å². The molecule has 11 heteroatoms. The van der Waals surface area contributed by atoms with Gasteiger partial charge in [0.15, 0.2) is 0 Å². The number of rotatable bonds is 5. The quantitative estimate of drug-likeness (QED) is 0.335. The molecule has 2 aromatic carbocycles. The lowest BCUT2D eigenvalue weighted by molar-refractivity contribution is -0.384. The third kappa shape index (κ3) is 4.53. The van der Waals surface area contributed by atoms with Crippen molar-refractivity contribution in [3.63, 3.8) is 0 Å². The minimum Gasteiger partial charge on any atom is -0.374 e. The number of carbonyl (C=O) groups is 2. The summed E-state index contributed by atoms with van der Waals surface area (Å²) in [6.07, 6.45) is 4.96. The van der Waals surface area contributed by atoms with E-state index in [9.17, 15) is 19.7 Å². The van der Waals surface area contributed by atoms with Gasteiger partial charge in [0.2, 0.25) is 0 Å². The molecule has 37 heavy (non-hydrogen) atoms. The van der Waals surface area contributed by atoms with Crippen molar-refractivity contribution < 1.29 is 14.5 Å². The van der Waals surface area contributed by atoms with Gasteiger partial charge in [-0.2, -0.15) is 0 Å². The monoisotopic (exact) mass is 583 g/mol. The number of fused-ring (bicyclic) bond motifs is 2. The first-order valence-electron chi connectivity index (χ1n) is 12.1. The highest BCUT2D eigenvalue weighted by molar-refractivity contribution is 9.10. The van der Waals surface area contributed by atoms with E-state index in [1.807, 2.05) is 6.07 Å². The summed E-state index contributed by atoms with van der Waals surface area (Å²) in [6.45, 7) is 2.21. The van der Waals surface area contributed by atoms with E-state index < -0.39 is 4.92 Å². The molecule has 1 aromatic heterocycles. The molecule has 9 nitrogen and oxygen atoms in total. The van der Waals surface area contributed by atoms with Crippen LogP contribution in [-0.4, -0.2) is 63.7 Å². The fourth-order valence-electron chi connectivity index (χ4n) is 5.55. The van der Waals surface area contributed by atoms with Crippen LogP contribution < -0.4 is 5.32 Å². The molecule has 3 heterocycles. The second-order valence-electron chi connectivity index (χ2n) is 10.0. The number of anilines is 1. The fraction of sp³-hybridized carbons (Fsp3) is 0.346. The smallest absolute Gasteiger partial charge is 0.294 e. The Kier molecular flexibility index (Phi) is 6.03. The topological polar surface area (TPSA) is 109 Å². The fourth-order valence-corrected chi connectivity index (χ4v) is 6.17. The van der Waals surface area contributed by atoms with Crippen molar-refractivity contribution in [3.8, 4) is 0 Å². The zero-order valence-electron chi connectivity index (χ0n) is 19.7. The highest BCUT2D eigenvalue weighted by atomic mass is 79.9. The van der Waals surface area contributed by atoms with Crippen LogP contribution in [0.25, 0.3) is 10.8 Å². The van der Waals surface area contributed by atoms with Crippen molar-refractivity contribution in [3.05, 3.63) is 73.5 Å². The highest BCUT2D eigenvalue weighted by Gasteiger charge is 2.47. The average molecular weight is 585 g/mol. The van der Waals surface area contributed by atoms with Gasteiger partial charge < -0.3 is 15.1 Å². The number of amides is 2. The molecule has 2 saturated heterocycles. The number of nitrogens with one attached hydrogen (secondary N) is 1. The molecule has 3 fully saturated rings. The SMILES string of the molecule is O=C(c1cc(Br)cc([N+](=O)[O-])c1N[C@@H]1CCN(C(=O)c2cncc3cc(Cl)ccc23)C1)N1CC2CC2C1. The molecule has 0 spiro atoms. The van der Waals surface area contributed by atoms with Crippen molar-refractivity contribution in [1.29, 1.82) is 0 Å². The van der Waals surface area contributed by atoms with E-state index in [2.05, 4.69) is 26.2 Å². The summed E-state index contributed by atoms with van der Waals surface area (Å²) >= 11 is 9.43. The minimum absolute atomic E-state index is 0.164. The minimum atomic E-state index is -0.476.